The molecule has 0 spiro atoms. The smallest absolute Gasteiger partial charge is 0.280 e. The van der Waals surface area contributed by atoms with E-state index in [2.05, 4.69) is 4.99 Å². The molecule has 0 aliphatic rings. The summed E-state index contributed by atoms with van der Waals surface area (Å²) >= 11 is 0. The summed E-state index contributed by atoms with van der Waals surface area (Å²) in [7, 11) is -3.57. The Balaban J connectivity index is 2.75. The van der Waals surface area contributed by atoms with Crippen LogP contribution in [0.15, 0.2) is 46.3 Å². The number of nitrogens with two attached hydrogens (primary N) is 2. The molecule has 0 bridgehead atoms. The Labute approximate surface area is 141 Å². The van der Waals surface area contributed by atoms with E-state index in [-0.39, 0.29) is 16.4 Å². The van der Waals surface area contributed by atoms with Gasteiger partial charge in [0.05, 0.1) is 4.90 Å². The fourth-order valence-electron chi connectivity index (χ4n) is 2.54. The SMILES string of the molecule is Cc1ccc(-c2ccc(C(=O)N=C(N)N)c(C)c2S(C)(=O)=O)cc1. The third-order valence-corrected chi connectivity index (χ3v) is 4.87. The van der Waals surface area contributed by atoms with Crippen molar-refractivity contribution >= 4 is 21.7 Å². The number of hydrogen-bond donors (Lipinski definition) is 2. The van der Waals surface area contributed by atoms with Gasteiger partial charge >= 0.3 is 0 Å². The quantitative estimate of drug-likeness (QED) is 0.650. The van der Waals surface area contributed by atoms with Crippen LogP contribution in [0, 0.1) is 13.8 Å². The van der Waals surface area contributed by atoms with Gasteiger partial charge in [0.25, 0.3) is 5.91 Å². The van der Waals surface area contributed by atoms with E-state index in [1.165, 1.54) is 6.07 Å². The number of nitrogens with zero attached hydrogens (tertiary/aromatic N) is 1. The first-order valence-electron chi connectivity index (χ1n) is 7.16. The standard InChI is InChI=1S/C17H19N3O3S/c1-10-4-6-12(7-5-10)14-9-8-13(16(21)20-17(18)19)11(2)15(14)24(3,22)23/h4-9H,1-3H3,(H4,18,19,20,21). The number of guanidine groups is 1. The molecule has 2 rings (SSSR count). The minimum atomic E-state index is -3.57. The maximum absolute atomic E-state index is 12.3. The molecule has 0 saturated carbocycles. The highest BCUT2D eigenvalue weighted by Gasteiger charge is 2.22. The highest BCUT2D eigenvalue weighted by molar-refractivity contribution is 7.91. The molecule has 0 atom stereocenters. The molecule has 0 radical (unpaired) electrons. The Bertz CT molecular complexity index is 926. The van der Waals surface area contributed by atoms with E-state index in [9.17, 15) is 13.2 Å². The van der Waals surface area contributed by atoms with Crippen molar-refractivity contribution in [2.75, 3.05) is 6.26 Å². The van der Waals surface area contributed by atoms with Crippen molar-refractivity contribution in [3.63, 3.8) is 0 Å². The van der Waals surface area contributed by atoms with E-state index in [0.29, 0.717) is 11.1 Å². The molecule has 0 aliphatic heterocycles. The largest absolute Gasteiger partial charge is 0.370 e. The summed E-state index contributed by atoms with van der Waals surface area (Å²) < 4.78 is 24.6. The topological polar surface area (TPSA) is 116 Å². The average molecular weight is 345 g/mol. The van der Waals surface area contributed by atoms with Crippen LogP contribution in [0.4, 0.5) is 0 Å². The van der Waals surface area contributed by atoms with Crippen LogP contribution in [0.3, 0.4) is 0 Å². The van der Waals surface area contributed by atoms with Gasteiger partial charge in [-0.15, -0.1) is 0 Å². The third-order valence-electron chi connectivity index (χ3n) is 3.60. The first-order chi connectivity index (χ1) is 11.1. The summed E-state index contributed by atoms with van der Waals surface area (Å²) in [6, 6.07) is 10.6. The van der Waals surface area contributed by atoms with Gasteiger partial charge in [-0.05, 0) is 31.0 Å². The minimum absolute atomic E-state index is 0.1000. The Hall–Kier alpha value is -2.67. The van der Waals surface area contributed by atoms with Gasteiger partial charge in [-0.1, -0.05) is 35.9 Å². The maximum atomic E-state index is 12.3. The summed E-state index contributed by atoms with van der Waals surface area (Å²) in [5.74, 6) is -1.05. The molecule has 0 heterocycles. The lowest BCUT2D eigenvalue weighted by molar-refractivity contribution is 0.100. The van der Waals surface area contributed by atoms with Crippen molar-refractivity contribution in [2.45, 2.75) is 18.7 Å². The van der Waals surface area contributed by atoms with Crippen molar-refractivity contribution in [3.05, 3.63) is 53.1 Å². The second-order valence-electron chi connectivity index (χ2n) is 5.59. The van der Waals surface area contributed by atoms with Gasteiger partial charge in [0.15, 0.2) is 15.8 Å². The lowest BCUT2D eigenvalue weighted by atomic mass is 9.98. The van der Waals surface area contributed by atoms with Crippen LogP contribution in [-0.4, -0.2) is 26.5 Å². The van der Waals surface area contributed by atoms with Gasteiger partial charge < -0.3 is 11.5 Å². The molecule has 7 heteroatoms. The second-order valence-corrected chi connectivity index (χ2v) is 7.55. The molecule has 0 aliphatic carbocycles. The monoisotopic (exact) mass is 345 g/mol. The number of carbonyl (C=O) groups is 1. The van der Waals surface area contributed by atoms with E-state index in [1.807, 2.05) is 31.2 Å². The Kier molecular flexibility index (Phi) is 4.75. The number of aryl methyl sites for hydroxylation is 1. The van der Waals surface area contributed by atoms with E-state index >= 15 is 0 Å². The maximum Gasteiger partial charge on any atom is 0.280 e. The third kappa shape index (κ3) is 3.62. The molecule has 0 fully saturated rings. The van der Waals surface area contributed by atoms with Gasteiger partial charge in [-0.2, -0.15) is 4.99 Å². The molecule has 24 heavy (non-hydrogen) atoms. The molecule has 126 valence electrons. The molecular formula is C17H19N3O3S. The van der Waals surface area contributed by atoms with Gasteiger partial charge in [-0.3, -0.25) is 4.79 Å². The minimum Gasteiger partial charge on any atom is -0.370 e. The number of rotatable bonds is 3. The number of sulfone groups is 1. The number of amides is 1. The highest BCUT2D eigenvalue weighted by atomic mass is 32.2. The number of benzene rings is 2. The van der Waals surface area contributed by atoms with Crippen LogP contribution in [0.1, 0.15) is 21.5 Å². The molecule has 2 aromatic carbocycles. The molecule has 0 unspecified atom stereocenters. The number of hydrogen-bond acceptors (Lipinski definition) is 3. The normalized spacial score (nSPS) is 11.1. The van der Waals surface area contributed by atoms with Crippen LogP contribution in [0.25, 0.3) is 11.1 Å². The van der Waals surface area contributed by atoms with E-state index in [1.54, 1.807) is 13.0 Å². The molecule has 1 amide bonds. The zero-order valence-corrected chi connectivity index (χ0v) is 14.5. The zero-order chi connectivity index (χ0) is 18.1. The molecule has 0 saturated heterocycles. The summed E-state index contributed by atoms with van der Waals surface area (Å²) in [5, 5.41) is 0. The van der Waals surface area contributed by atoms with Crippen LogP contribution in [-0.2, 0) is 9.84 Å². The predicted octanol–water partition coefficient (Wildman–Crippen LogP) is 1.79. The van der Waals surface area contributed by atoms with E-state index in [4.69, 9.17) is 11.5 Å². The van der Waals surface area contributed by atoms with E-state index in [0.717, 1.165) is 17.4 Å². The summed E-state index contributed by atoms with van der Waals surface area (Å²) in [6.45, 7) is 3.52. The fraction of sp³-hybridized carbons (Fsp3) is 0.176. The summed E-state index contributed by atoms with van der Waals surface area (Å²) in [4.78, 5) is 15.7. The Morgan fingerprint density at radius 2 is 1.58 bits per heavy atom. The number of carbonyl (C=O) groups excluding carboxylic acids is 1. The fourth-order valence-corrected chi connectivity index (χ4v) is 3.79. The van der Waals surface area contributed by atoms with Gasteiger partial charge in [0.1, 0.15) is 0 Å². The van der Waals surface area contributed by atoms with Gasteiger partial charge in [-0.25, -0.2) is 8.42 Å². The van der Waals surface area contributed by atoms with Crippen LogP contribution < -0.4 is 11.5 Å². The van der Waals surface area contributed by atoms with Crippen molar-refractivity contribution in [1.82, 2.24) is 0 Å². The first kappa shape index (κ1) is 17.7. The van der Waals surface area contributed by atoms with E-state index < -0.39 is 15.7 Å². The number of aliphatic imine (C=N–C) groups is 1. The van der Waals surface area contributed by atoms with Crippen LogP contribution in [0.5, 0.6) is 0 Å². The second kappa shape index (κ2) is 6.45. The summed E-state index contributed by atoms with van der Waals surface area (Å²) in [5.41, 5.74) is 13.3. The Morgan fingerprint density at radius 3 is 2.08 bits per heavy atom. The lowest BCUT2D eigenvalue weighted by Crippen LogP contribution is -2.24. The summed E-state index contributed by atoms with van der Waals surface area (Å²) in [6.07, 6.45) is 1.11. The van der Waals surface area contributed by atoms with Crippen molar-refractivity contribution < 1.29 is 13.2 Å². The highest BCUT2D eigenvalue weighted by Crippen LogP contribution is 2.32. The zero-order valence-electron chi connectivity index (χ0n) is 13.7. The molecule has 0 aromatic heterocycles. The van der Waals surface area contributed by atoms with Crippen LogP contribution >= 0.6 is 0 Å². The van der Waals surface area contributed by atoms with Gasteiger partial charge in [0.2, 0.25) is 0 Å². The first-order valence-corrected chi connectivity index (χ1v) is 9.05. The average Bonchev–Trinajstić information content (AvgIpc) is 2.45. The predicted molar refractivity (Wildman–Crippen MR) is 94.6 cm³/mol. The van der Waals surface area contributed by atoms with Crippen molar-refractivity contribution in [1.29, 1.82) is 0 Å². The van der Waals surface area contributed by atoms with Gasteiger partial charge in [0, 0.05) is 17.4 Å². The molecule has 6 nitrogen and oxygen atoms in total. The Morgan fingerprint density at radius 1 is 1.00 bits per heavy atom. The molecule has 4 N–H and O–H groups in total. The van der Waals surface area contributed by atoms with Crippen molar-refractivity contribution in [3.8, 4) is 11.1 Å². The lowest BCUT2D eigenvalue weighted by Gasteiger charge is -2.14. The molecule has 2 aromatic rings. The molecular weight excluding hydrogens is 326 g/mol. The van der Waals surface area contributed by atoms with Crippen LogP contribution in [0.2, 0.25) is 0 Å². The van der Waals surface area contributed by atoms with Crippen molar-refractivity contribution in [2.24, 2.45) is 16.5 Å².